The van der Waals surface area contributed by atoms with Gasteiger partial charge in [-0.2, -0.15) is 13.2 Å². The fourth-order valence-corrected chi connectivity index (χ4v) is 5.13. The molecule has 11 heteroatoms. The number of hydrogen-bond acceptors (Lipinski definition) is 5. The number of halogens is 3. The standard InChI is InChI=1S/C29H29F3N6O2/c1-18(19-7-4-3-5-8-19)34-27-33-14-11-23(35-27)25-24(21-9-6-10-22(17-21)29(30,31)32)36-26(37(25)2)20-12-15-38(16-13-20)28(39)40/h3-11,14,17-18,20H,12-13,15-16H2,1-2H3,(H,39,40)(H,33,34,35)/t18-/m0/s1. The minimum absolute atomic E-state index is 0.0589. The van der Waals surface area contributed by atoms with E-state index in [0.29, 0.717) is 60.3 Å². The van der Waals surface area contributed by atoms with Crippen molar-refractivity contribution in [1.82, 2.24) is 24.4 Å². The molecule has 2 aromatic carbocycles. The Morgan fingerprint density at radius 1 is 1.05 bits per heavy atom. The van der Waals surface area contributed by atoms with Crippen molar-refractivity contribution in [2.24, 2.45) is 7.05 Å². The van der Waals surface area contributed by atoms with E-state index in [2.05, 4.69) is 10.3 Å². The van der Waals surface area contributed by atoms with Crippen LogP contribution in [0.3, 0.4) is 0 Å². The van der Waals surface area contributed by atoms with E-state index in [0.717, 1.165) is 17.7 Å². The minimum atomic E-state index is -4.50. The summed E-state index contributed by atoms with van der Waals surface area (Å²) in [6, 6.07) is 16.6. The largest absolute Gasteiger partial charge is 0.465 e. The normalized spacial score (nSPS) is 15.2. The predicted molar refractivity (Wildman–Crippen MR) is 145 cm³/mol. The van der Waals surface area contributed by atoms with Crippen molar-refractivity contribution < 1.29 is 23.1 Å². The number of carboxylic acid groups (broad SMARTS) is 1. The van der Waals surface area contributed by atoms with E-state index in [1.807, 2.05) is 48.9 Å². The lowest BCUT2D eigenvalue weighted by molar-refractivity contribution is -0.137. The number of aromatic nitrogens is 4. The second kappa shape index (κ2) is 11.0. The molecule has 2 aromatic heterocycles. The van der Waals surface area contributed by atoms with Crippen LogP contribution in [0.1, 0.15) is 48.7 Å². The van der Waals surface area contributed by atoms with Crippen LogP contribution in [0.25, 0.3) is 22.6 Å². The van der Waals surface area contributed by atoms with Crippen molar-refractivity contribution in [2.45, 2.75) is 37.9 Å². The highest BCUT2D eigenvalue weighted by molar-refractivity contribution is 5.78. The summed E-state index contributed by atoms with van der Waals surface area (Å²) in [5.41, 5.74) is 2.06. The molecule has 40 heavy (non-hydrogen) atoms. The first-order valence-electron chi connectivity index (χ1n) is 13.0. The number of hydrogen-bond donors (Lipinski definition) is 2. The Hall–Kier alpha value is -4.41. The number of benzene rings is 2. The van der Waals surface area contributed by atoms with Crippen LogP contribution in [0.4, 0.5) is 23.9 Å². The van der Waals surface area contributed by atoms with Gasteiger partial charge in [0.2, 0.25) is 5.95 Å². The third-order valence-electron chi connectivity index (χ3n) is 7.27. The molecule has 1 saturated heterocycles. The first-order valence-corrected chi connectivity index (χ1v) is 13.0. The molecule has 2 N–H and O–H groups in total. The van der Waals surface area contributed by atoms with Gasteiger partial charge in [-0.3, -0.25) is 0 Å². The average Bonchev–Trinajstić information content (AvgIpc) is 3.30. The van der Waals surface area contributed by atoms with Gasteiger partial charge in [0.15, 0.2) is 0 Å². The predicted octanol–water partition coefficient (Wildman–Crippen LogP) is 6.59. The lowest BCUT2D eigenvalue weighted by atomic mass is 9.96. The maximum absolute atomic E-state index is 13.6. The molecule has 1 aliphatic rings. The monoisotopic (exact) mass is 550 g/mol. The highest BCUT2D eigenvalue weighted by Gasteiger charge is 2.32. The van der Waals surface area contributed by atoms with Crippen molar-refractivity contribution in [3.63, 3.8) is 0 Å². The van der Waals surface area contributed by atoms with Gasteiger partial charge >= 0.3 is 12.3 Å². The van der Waals surface area contributed by atoms with E-state index >= 15 is 0 Å². The molecule has 1 amide bonds. The minimum Gasteiger partial charge on any atom is -0.465 e. The van der Waals surface area contributed by atoms with Crippen molar-refractivity contribution >= 4 is 12.0 Å². The highest BCUT2D eigenvalue weighted by Crippen LogP contribution is 2.38. The topological polar surface area (TPSA) is 96.2 Å². The summed E-state index contributed by atoms with van der Waals surface area (Å²) in [5.74, 6) is 0.996. The lowest BCUT2D eigenvalue weighted by Crippen LogP contribution is -2.37. The van der Waals surface area contributed by atoms with Crippen LogP contribution in [-0.2, 0) is 13.2 Å². The van der Waals surface area contributed by atoms with E-state index in [1.165, 1.54) is 11.0 Å². The lowest BCUT2D eigenvalue weighted by Gasteiger charge is -2.29. The zero-order valence-electron chi connectivity index (χ0n) is 22.1. The number of alkyl halides is 3. The van der Waals surface area contributed by atoms with Gasteiger partial charge in [-0.15, -0.1) is 0 Å². The Morgan fingerprint density at radius 3 is 2.45 bits per heavy atom. The Bertz CT molecular complexity index is 1500. The number of piperidine rings is 1. The molecular formula is C29H29F3N6O2. The van der Waals surface area contributed by atoms with Crippen molar-refractivity contribution in [2.75, 3.05) is 18.4 Å². The van der Waals surface area contributed by atoms with Crippen molar-refractivity contribution in [3.8, 4) is 22.6 Å². The Morgan fingerprint density at radius 2 is 1.77 bits per heavy atom. The second-order valence-corrected chi connectivity index (χ2v) is 9.89. The van der Waals surface area contributed by atoms with Crippen LogP contribution in [0, 0.1) is 0 Å². The van der Waals surface area contributed by atoms with Gasteiger partial charge in [-0.1, -0.05) is 42.5 Å². The Balaban J connectivity index is 1.56. The summed E-state index contributed by atoms with van der Waals surface area (Å²) < 4.78 is 42.6. The van der Waals surface area contributed by atoms with Crippen LogP contribution in [0.15, 0.2) is 66.9 Å². The molecule has 8 nitrogen and oxygen atoms in total. The van der Waals surface area contributed by atoms with Crippen LogP contribution in [-0.4, -0.2) is 48.7 Å². The van der Waals surface area contributed by atoms with Gasteiger partial charge in [0, 0.05) is 37.8 Å². The zero-order chi connectivity index (χ0) is 28.4. The van der Waals surface area contributed by atoms with Gasteiger partial charge in [0.1, 0.15) is 5.82 Å². The molecular weight excluding hydrogens is 521 g/mol. The van der Waals surface area contributed by atoms with Gasteiger partial charge < -0.3 is 19.9 Å². The molecule has 1 aliphatic heterocycles. The number of amides is 1. The first-order chi connectivity index (χ1) is 19.1. The zero-order valence-corrected chi connectivity index (χ0v) is 22.1. The van der Waals surface area contributed by atoms with E-state index in [9.17, 15) is 23.1 Å². The van der Waals surface area contributed by atoms with Crippen molar-refractivity contribution in [3.05, 3.63) is 83.8 Å². The molecule has 4 aromatic rings. The van der Waals surface area contributed by atoms with E-state index < -0.39 is 17.8 Å². The second-order valence-electron chi connectivity index (χ2n) is 9.89. The number of nitrogens with zero attached hydrogens (tertiary/aromatic N) is 5. The molecule has 3 heterocycles. The number of nitrogens with one attached hydrogen (secondary N) is 1. The molecule has 0 radical (unpaired) electrons. The molecule has 0 aliphatic carbocycles. The quantitative estimate of drug-likeness (QED) is 0.281. The van der Waals surface area contributed by atoms with Gasteiger partial charge in [0.05, 0.1) is 28.7 Å². The smallest absolute Gasteiger partial charge is 0.416 e. The molecule has 5 rings (SSSR count). The molecule has 1 atom stereocenters. The summed E-state index contributed by atoms with van der Waals surface area (Å²) in [6.45, 7) is 2.71. The molecule has 0 spiro atoms. The first kappa shape index (κ1) is 27.2. The molecule has 0 bridgehead atoms. The Labute approximate surface area is 229 Å². The van der Waals surface area contributed by atoms with Crippen LogP contribution in [0.5, 0.6) is 0 Å². The maximum Gasteiger partial charge on any atom is 0.416 e. The summed E-state index contributed by atoms with van der Waals surface area (Å²) >= 11 is 0. The fourth-order valence-electron chi connectivity index (χ4n) is 5.13. The summed E-state index contributed by atoms with van der Waals surface area (Å²) in [4.78, 5) is 26.7. The SMILES string of the molecule is C[C@H](Nc1nccc(-c2c(-c3cccc(C(F)(F)F)c3)nc(C3CCN(C(=O)O)CC3)n2C)n1)c1ccccc1. The van der Waals surface area contributed by atoms with E-state index in [-0.39, 0.29) is 12.0 Å². The molecule has 1 fully saturated rings. The van der Waals surface area contributed by atoms with Crippen LogP contribution in [0.2, 0.25) is 0 Å². The van der Waals surface area contributed by atoms with Crippen LogP contribution < -0.4 is 5.32 Å². The third kappa shape index (κ3) is 5.63. The molecule has 0 saturated carbocycles. The van der Waals surface area contributed by atoms with E-state index in [1.54, 1.807) is 18.3 Å². The molecule has 208 valence electrons. The number of carbonyl (C=O) groups is 1. The van der Waals surface area contributed by atoms with Gasteiger partial charge in [-0.25, -0.2) is 19.7 Å². The highest BCUT2D eigenvalue weighted by atomic mass is 19.4. The number of likely N-dealkylation sites (tertiary alicyclic amines) is 1. The number of rotatable bonds is 6. The van der Waals surface area contributed by atoms with Gasteiger partial charge in [0.25, 0.3) is 0 Å². The fraction of sp³-hybridized carbons (Fsp3) is 0.310. The summed E-state index contributed by atoms with van der Waals surface area (Å²) in [7, 11) is 1.82. The Kier molecular flexibility index (Phi) is 7.46. The summed E-state index contributed by atoms with van der Waals surface area (Å²) in [6.07, 6.45) is -2.74. The van der Waals surface area contributed by atoms with Crippen LogP contribution >= 0.6 is 0 Å². The van der Waals surface area contributed by atoms with Gasteiger partial charge in [-0.05, 0) is 43.5 Å². The third-order valence-corrected chi connectivity index (χ3v) is 7.27. The number of anilines is 1. The average molecular weight is 551 g/mol. The number of imidazole rings is 1. The summed E-state index contributed by atoms with van der Waals surface area (Å²) in [5, 5.41) is 12.6. The van der Waals surface area contributed by atoms with Crippen molar-refractivity contribution in [1.29, 1.82) is 0 Å². The molecule has 0 unspecified atom stereocenters. The maximum atomic E-state index is 13.6. The van der Waals surface area contributed by atoms with E-state index in [4.69, 9.17) is 9.97 Å².